The Morgan fingerprint density at radius 2 is 2.25 bits per heavy atom. The zero-order valence-electron chi connectivity index (χ0n) is 13.0. The van der Waals surface area contributed by atoms with Gasteiger partial charge in [-0.05, 0) is 37.9 Å². The molecule has 4 heteroatoms. The minimum absolute atomic E-state index is 0.458. The zero-order valence-corrected chi connectivity index (χ0v) is 13.0. The molecule has 1 unspecified atom stereocenters. The third-order valence-corrected chi connectivity index (χ3v) is 3.92. The van der Waals surface area contributed by atoms with Crippen molar-refractivity contribution < 1.29 is 4.74 Å². The van der Waals surface area contributed by atoms with Crippen LogP contribution in [0.5, 0.6) is 0 Å². The lowest BCUT2D eigenvalue weighted by Crippen LogP contribution is -2.45. The lowest BCUT2D eigenvalue weighted by atomic mass is 10.1. The zero-order chi connectivity index (χ0) is 14.4. The highest BCUT2D eigenvalue weighted by molar-refractivity contribution is 5.43. The minimum Gasteiger partial charge on any atom is -0.377 e. The number of aryl methyl sites for hydroxylation is 1. The van der Waals surface area contributed by atoms with Gasteiger partial charge in [0, 0.05) is 18.8 Å². The highest BCUT2D eigenvalue weighted by Crippen LogP contribution is 2.21. The number of ether oxygens (including phenoxy) is 1. The molecule has 1 aliphatic rings. The van der Waals surface area contributed by atoms with Crippen LogP contribution in [0.2, 0.25) is 0 Å². The fourth-order valence-electron chi connectivity index (χ4n) is 2.62. The molecule has 112 valence electrons. The van der Waals surface area contributed by atoms with Crippen molar-refractivity contribution in [1.82, 2.24) is 10.3 Å². The molecule has 2 rings (SSSR count). The Balaban J connectivity index is 2.07. The van der Waals surface area contributed by atoms with E-state index in [0.29, 0.717) is 6.04 Å². The van der Waals surface area contributed by atoms with Crippen LogP contribution in [-0.4, -0.2) is 37.3 Å². The van der Waals surface area contributed by atoms with Crippen molar-refractivity contribution in [2.75, 3.05) is 31.2 Å². The Bertz CT molecular complexity index is 422. The lowest BCUT2D eigenvalue weighted by Gasteiger charge is -2.36. The fourth-order valence-corrected chi connectivity index (χ4v) is 2.62. The molecule has 1 aromatic rings. The number of anilines is 1. The van der Waals surface area contributed by atoms with Crippen molar-refractivity contribution in [3.63, 3.8) is 0 Å². The Morgan fingerprint density at radius 1 is 1.40 bits per heavy atom. The van der Waals surface area contributed by atoms with E-state index >= 15 is 0 Å². The van der Waals surface area contributed by atoms with Crippen LogP contribution in [0, 0.1) is 6.92 Å². The molecule has 0 aliphatic carbocycles. The van der Waals surface area contributed by atoms with Crippen molar-refractivity contribution in [1.29, 1.82) is 0 Å². The highest BCUT2D eigenvalue weighted by atomic mass is 16.5. The van der Waals surface area contributed by atoms with Crippen molar-refractivity contribution in [2.24, 2.45) is 0 Å². The maximum Gasteiger partial charge on any atom is 0.129 e. The molecule has 0 amide bonds. The predicted molar refractivity (Wildman–Crippen MR) is 83.2 cm³/mol. The van der Waals surface area contributed by atoms with E-state index in [-0.39, 0.29) is 0 Å². The molecule has 1 atom stereocenters. The summed E-state index contributed by atoms with van der Waals surface area (Å²) in [6, 6.07) is 4.83. The molecule has 0 aromatic carbocycles. The molecule has 1 saturated heterocycles. The van der Waals surface area contributed by atoms with Gasteiger partial charge < -0.3 is 15.0 Å². The summed E-state index contributed by atoms with van der Waals surface area (Å²) in [4.78, 5) is 7.19. The van der Waals surface area contributed by atoms with E-state index < -0.39 is 0 Å². The van der Waals surface area contributed by atoms with Crippen molar-refractivity contribution >= 4 is 5.82 Å². The largest absolute Gasteiger partial charge is 0.377 e. The van der Waals surface area contributed by atoms with Gasteiger partial charge in [-0.1, -0.05) is 19.9 Å². The van der Waals surface area contributed by atoms with Gasteiger partial charge in [-0.15, -0.1) is 0 Å². The van der Waals surface area contributed by atoms with Gasteiger partial charge in [-0.25, -0.2) is 4.98 Å². The minimum atomic E-state index is 0.458. The molecule has 0 bridgehead atoms. The first-order valence-electron chi connectivity index (χ1n) is 7.77. The first-order valence-corrected chi connectivity index (χ1v) is 7.77. The van der Waals surface area contributed by atoms with E-state index in [2.05, 4.69) is 43.1 Å². The first kappa shape index (κ1) is 15.3. The number of hydrogen-bond donors (Lipinski definition) is 1. The van der Waals surface area contributed by atoms with Gasteiger partial charge in [0.1, 0.15) is 5.82 Å². The standard InChI is InChI=1S/C16H27N3O/c1-4-8-17-11-14-6-7-16(18-13(14)3)19-9-10-20-12-15(19)5-2/h6-7,15,17H,4-5,8-12H2,1-3H3. The Morgan fingerprint density at radius 3 is 2.95 bits per heavy atom. The van der Waals surface area contributed by atoms with Crippen molar-refractivity contribution in [3.8, 4) is 0 Å². The molecule has 0 radical (unpaired) electrons. The molecule has 1 aromatic heterocycles. The van der Waals surface area contributed by atoms with Crippen LogP contribution >= 0.6 is 0 Å². The molecule has 2 heterocycles. The van der Waals surface area contributed by atoms with E-state index in [1.165, 1.54) is 5.56 Å². The molecule has 20 heavy (non-hydrogen) atoms. The van der Waals surface area contributed by atoms with Gasteiger partial charge >= 0.3 is 0 Å². The van der Waals surface area contributed by atoms with Crippen LogP contribution in [0.15, 0.2) is 12.1 Å². The maximum absolute atomic E-state index is 5.56. The van der Waals surface area contributed by atoms with Gasteiger partial charge in [0.05, 0.1) is 19.3 Å². The van der Waals surface area contributed by atoms with Crippen molar-refractivity contribution in [3.05, 3.63) is 23.4 Å². The van der Waals surface area contributed by atoms with Gasteiger partial charge in [-0.3, -0.25) is 0 Å². The van der Waals surface area contributed by atoms with E-state index in [1.807, 2.05) is 0 Å². The van der Waals surface area contributed by atoms with Gasteiger partial charge in [-0.2, -0.15) is 0 Å². The number of nitrogens with zero attached hydrogens (tertiary/aromatic N) is 2. The number of morpholine rings is 1. The normalized spacial score (nSPS) is 19.4. The summed E-state index contributed by atoms with van der Waals surface area (Å²) in [5.74, 6) is 1.09. The van der Waals surface area contributed by atoms with Crippen LogP contribution in [-0.2, 0) is 11.3 Å². The average Bonchev–Trinajstić information content (AvgIpc) is 2.49. The molecule has 4 nitrogen and oxygen atoms in total. The third kappa shape index (κ3) is 3.70. The Labute approximate surface area is 122 Å². The van der Waals surface area contributed by atoms with Crippen LogP contribution in [0.3, 0.4) is 0 Å². The molecular formula is C16H27N3O. The van der Waals surface area contributed by atoms with Gasteiger partial charge in [0.2, 0.25) is 0 Å². The van der Waals surface area contributed by atoms with Crippen LogP contribution < -0.4 is 10.2 Å². The fraction of sp³-hybridized carbons (Fsp3) is 0.688. The number of pyridine rings is 1. The summed E-state index contributed by atoms with van der Waals surface area (Å²) in [7, 11) is 0. The maximum atomic E-state index is 5.56. The predicted octanol–water partition coefficient (Wildman–Crippen LogP) is 2.50. The van der Waals surface area contributed by atoms with E-state index in [0.717, 1.165) is 57.2 Å². The van der Waals surface area contributed by atoms with E-state index in [9.17, 15) is 0 Å². The van der Waals surface area contributed by atoms with E-state index in [4.69, 9.17) is 9.72 Å². The Hall–Kier alpha value is -1.13. The van der Waals surface area contributed by atoms with Gasteiger partial charge in [0.25, 0.3) is 0 Å². The second-order valence-electron chi connectivity index (χ2n) is 5.42. The number of rotatable bonds is 6. The second kappa shape index (κ2) is 7.60. The smallest absolute Gasteiger partial charge is 0.129 e. The number of aromatic nitrogens is 1. The monoisotopic (exact) mass is 277 g/mol. The molecular weight excluding hydrogens is 250 g/mol. The van der Waals surface area contributed by atoms with Crippen LogP contribution in [0.1, 0.15) is 37.9 Å². The summed E-state index contributed by atoms with van der Waals surface area (Å²) >= 11 is 0. The molecule has 0 saturated carbocycles. The molecule has 0 spiro atoms. The summed E-state index contributed by atoms with van der Waals surface area (Å²) in [5.41, 5.74) is 2.43. The van der Waals surface area contributed by atoms with Crippen molar-refractivity contribution in [2.45, 2.75) is 46.2 Å². The SMILES string of the molecule is CCCNCc1ccc(N2CCOCC2CC)nc1C. The topological polar surface area (TPSA) is 37.4 Å². The quantitative estimate of drug-likeness (QED) is 0.811. The van der Waals surface area contributed by atoms with Crippen LogP contribution in [0.25, 0.3) is 0 Å². The number of hydrogen-bond acceptors (Lipinski definition) is 4. The Kier molecular flexibility index (Phi) is 5.80. The number of nitrogens with one attached hydrogen (secondary N) is 1. The summed E-state index contributed by atoms with van der Waals surface area (Å²) in [6.45, 7) is 11.0. The lowest BCUT2D eigenvalue weighted by molar-refractivity contribution is 0.0925. The summed E-state index contributed by atoms with van der Waals surface area (Å²) in [5, 5.41) is 3.44. The average molecular weight is 277 g/mol. The first-order chi connectivity index (χ1) is 9.76. The summed E-state index contributed by atoms with van der Waals surface area (Å²) < 4.78 is 5.56. The third-order valence-electron chi connectivity index (χ3n) is 3.92. The van der Waals surface area contributed by atoms with Gasteiger partial charge in [0.15, 0.2) is 0 Å². The van der Waals surface area contributed by atoms with E-state index in [1.54, 1.807) is 0 Å². The molecule has 1 fully saturated rings. The van der Waals surface area contributed by atoms with Crippen LogP contribution in [0.4, 0.5) is 5.82 Å². The molecule has 1 aliphatic heterocycles. The highest BCUT2D eigenvalue weighted by Gasteiger charge is 2.22. The second-order valence-corrected chi connectivity index (χ2v) is 5.42. The summed E-state index contributed by atoms with van der Waals surface area (Å²) in [6.07, 6.45) is 2.26. The molecule has 1 N–H and O–H groups in total.